The van der Waals surface area contributed by atoms with Gasteiger partial charge in [0.2, 0.25) is 0 Å². The zero-order valence-electron chi connectivity index (χ0n) is 12.1. The number of hydrogen-bond donors (Lipinski definition) is 1. The molecule has 0 saturated carbocycles. The molecule has 0 aliphatic carbocycles. The molecule has 5 heteroatoms. The molecule has 1 amide bonds. The Labute approximate surface area is 128 Å². The second-order valence-corrected chi connectivity index (χ2v) is 6.14. The maximum Gasteiger partial charge on any atom is 0.263 e. The third-order valence-corrected chi connectivity index (χ3v) is 4.29. The lowest BCUT2D eigenvalue weighted by molar-refractivity contribution is -0.138. The maximum absolute atomic E-state index is 12.4. The minimum Gasteiger partial charge on any atom is -0.480 e. The number of benzene rings is 1. The Morgan fingerprint density at radius 1 is 1.55 bits per heavy atom. The summed E-state index contributed by atoms with van der Waals surface area (Å²) in [6.45, 7) is 5.65. The number of carbonyl (C=O) groups is 1. The Bertz CT molecular complexity index is 487. The van der Waals surface area contributed by atoms with Crippen LogP contribution in [0.15, 0.2) is 22.7 Å². The van der Waals surface area contributed by atoms with Gasteiger partial charge in [-0.3, -0.25) is 4.79 Å². The summed E-state index contributed by atoms with van der Waals surface area (Å²) in [4.78, 5) is 14.2. The van der Waals surface area contributed by atoms with E-state index in [2.05, 4.69) is 21.2 Å². The smallest absolute Gasteiger partial charge is 0.263 e. The molecule has 1 aromatic rings. The summed E-state index contributed by atoms with van der Waals surface area (Å²) in [6.07, 6.45) is 0.517. The monoisotopic (exact) mass is 340 g/mol. The zero-order chi connectivity index (χ0) is 14.7. The van der Waals surface area contributed by atoms with Gasteiger partial charge in [-0.2, -0.15) is 0 Å². The van der Waals surface area contributed by atoms with Gasteiger partial charge in [-0.05, 0) is 60.4 Å². The summed E-state index contributed by atoms with van der Waals surface area (Å²) < 4.78 is 6.66. The van der Waals surface area contributed by atoms with Crippen LogP contribution in [0.5, 0.6) is 5.75 Å². The zero-order valence-corrected chi connectivity index (χ0v) is 13.7. The highest BCUT2D eigenvalue weighted by Crippen LogP contribution is 2.27. The van der Waals surface area contributed by atoms with Gasteiger partial charge in [-0.25, -0.2) is 0 Å². The standard InChI is InChI=1S/C15H21BrN2O2/c1-10-4-5-14(13(16)8-10)20-11(2)15(19)18(3)12-6-7-17-9-12/h4-5,8,11-12,17H,6-7,9H2,1-3H3. The van der Waals surface area contributed by atoms with Crippen LogP contribution in [-0.2, 0) is 4.79 Å². The van der Waals surface area contributed by atoms with Crippen molar-refractivity contribution in [2.45, 2.75) is 32.4 Å². The lowest BCUT2D eigenvalue weighted by Crippen LogP contribution is -2.44. The third-order valence-electron chi connectivity index (χ3n) is 3.67. The van der Waals surface area contributed by atoms with E-state index in [9.17, 15) is 4.79 Å². The maximum atomic E-state index is 12.4. The quantitative estimate of drug-likeness (QED) is 0.914. The molecule has 4 nitrogen and oxygen atoms in total. The highest BCUT2D eigenvalue weighted by atomic mass is 79.9. The first kappa shape index (κ1) is 15.3. The van der Waals surface area contributed by atoms with Gasteiger partial charge in [-0.15, -0.1) is 0 Å². The number of nitrogens with zero attached hydrogens (tertiary/aromatic N) is 1. The van der Waals surface area contributed by atoms with Gasteiger partial charge in [0.15, 0.2) is 6.10 Å². The van der Waals surface area contributed by atoms with Crippen LogP contribution in [0.3, 0.4) is 0 Å². The number of aryl methyl sites for hydroxylation is 1. The fourth-order valence-corrected chi connectivity index (χ4v) is 2.97. The molecule has 0 spiro atoms. The van der Waals surface area contributed by atoms with E-state index in [4.69, 9.17) is 4.74 Å². The van der Waals surface area contributed by atoms with Crippen molar-refractivity contribution in [3.05, 3.63) is 28.2 Å². The number of nitrogens with one attached hydrogen (secondary N) is 1. The summed E-state index contributed by atoms with van der Waals surface area (Å²) >= 11 is 3.47. The SMILES string of the molecule is Cc1ccc(OC(C)C(=O)N(C)C2CCNC2)c(Br)c1. The third kappa shape index (κ3) is 3.52. The summed E-state index contributed by atoms with van der Waals surface area (Å²) in [5, 5.41) is 3.27. The molecule has 1 aliphatic rings. The molecule has 0 radical (unpaired) electrons. The summed E-state index contributed by atoms with van der Waals surface area (Å²) in [6, 6.07) is 6.12. The van der Waals surface area contributed by atoms with Crippen molar-refractivity contribution in [1.82, 2.24) is 10.2 Å². The normalized spacial score (nSPS) is 19.7. The second-order valence-electron chi connectivity index (χ2n) is 5.29. The predicted octanol–water partition coefficient (Wildman–Crippen LogP) is 2.35. The van der Waals surface area contributed by atoms with Crippen LogP contribution in [0.2, 0.25) is 0 Å². The first-order chi connectivity index (χ1) is 9.49. The van der Waals surface area contributed by atoms with E-state index in [0.717, 1.165) is 29.5 Å². The van der Waals surface area contributed by atoms with Crippen molar-refractivity contribution in [3.63, 3.8) is 0 Å². The van der Waals surface area contributed by atoms with E-state index >= 15 is 0 Å². The van der Waals surface area contributed by atoms with Crippen LogP contribution in [0, 0.1) is 6.92 Å². The number of hydrogen-bond acceptors (Lipinski definition) is 3. The van der Waals surface area contributed by atoms with Crippen molar-refractivity contribution in [2.75, 3.05) is 20.1 Å². The Hall–Kier alpha value is -1.07. The Balaban J connectivity index is 1.99. The molecule has 1 heterocycles. The summed E-state index contributed by atoms with van der Waals surface area (Å²) in [7, 11) is 1.85. The first-order valence-corrected chi connectivity index (χ1v) is 7.68. The Kier molecular flexibility index (Phi) is 5.05. The molecule has 1 saturated heterocycles. The molecule has 0 aromatic heterocycles. The minimum atomic E-state index is -0.486. The first-order valence-electron chi connectivity index (χ1n) is 6.89. The average molecular weight is 341 g/mol. The number of likely N-dealkylation sites (N-methyl/N-ethyl adjacent to an activating group) is 1. The van der Waals surface area contributed by atoms with E-state index < -0.39 is 6.10 Å². The number of amides is 1. The molecule has 1 N–H and O–H groups in total. The number of ether oxygens (including phenoxy) is 1. The van der Waals surface area contributed by atoms with E-state index in [1.54, 1.807) is 11.8 Å². The molecule has 2 unspecified atom stereocenters. The average Bonchev–Trinajstić information content (AvgIpc) is 2.94. The number of carbonyl (C=O) groups excluding carboxylic acids is 1. The summed E-state index contributed by atoms with van der Waals surface area (Å²) in [5.41, 5.74) is 1.15. The van der Waals surface area contributed by atoms with Gasteiger partial charge in [0.05, 0.1) is 4.47 Å². The van der Waals surface area contributed by atoms with Gasteiger partial charge < -0.3 is 15.0 Å². The van der Waals surface area contributed by atoms with Gasteiger partial charge in [0.1, 0.15) is 5.75 Å². The van der Waals surface area contributed by atoms with Crippen LogP contribution >= 0.6 is 15.9 Å². The van der Waals surface area contributed by atoms with Crippen LogP contribution < -0.4 is 10.1 Å². The molecule has 110 valence electrons. The topological polar surface area (TPSA) is 41.6 Å². The van der Waals surface area contributed by atoms with Gasteiger partial charge in [0.25, 0.3) is 5.91 Å². The molecule has 1 aliphatic heterocycles. The van der Waals surface area contributed by atoms with E-state index in [0.29, 0.717) is 5.75 Å². The van der Waals surface area contributed by atoms with E-state index in [-0.39, 0.29) is 11.9 Å². The Morgan fingerprint density at radius 2 is 2.30 bits per heavy atom. The molecule has 2 rings (SSSR count). The molecule has 20 heavy (non-hydrogen) atoms. The predicted molar refractivity (Wildman–Crippen MR) is 83.0 cm³/mol. The molecular formula is C15H21BrN2O2. The summed E-state index contributed by atoms with van der Waals surface area (Å²) in [5.74, 6) is 0.723. The lowest BCUT2D eigenvalue weighted by Gasteiger charge is -2.27. The lowest BCUT2D eigenvalue weighted by atomic mass is 10.2. The highest BCUT2D eigenvalue weighted by Gasteiger charge is 2.27. The fourth-order valence-electron chi connectivity index (χ4n) is 2.38. The molecule has 1 aromatic carbocycles. The minimum absolute atomic E-state index is 0.0196. The Morgan fingerprint density at radius 3 is 2.90 bits per heavy atom. The number of rotatable bonds is 4. The molecule has 1 fully saturated rings. The van der Waals surface area contributed by atoms with Crippen LogP contribution in [0.1, 0.15) is 18.9 Å². The molecule has 2 atom stereocenters. The van der Waals surface area contributed by atoms with E-state index in [1.165, 1.54) is 0 Å². The van der Waals surface area contributed by atoms with Gasteiger partial charge in [-0.1, -0.05) is 6.07 Å². The van der Waals surface area contributed by atoms with Gasteiger partial charge >= 0.3 is 0 Å². The van der Waals surface area contributed by atoms with Crippen molar-refractivity contribution < 1.29 is 9.53 Å². The van der Waals surface area contributed by atoms with Gasteiger partial charge in [0, 0.05) is 19.6 Å². The molecule has 0 bridgehead atoms. The van der Waals surface area contributed by atoms with E-state index in [1.807, 2.05) is 32.2 Å². The van der Waals surface area contributed by atoms with Crippen LogP contribution in [-0.4, -0.2) is 43.1 Å². The molecular weight excluding hydrogens is 320 g/mol. The van der Waals surface area contributed by atoms with Crippen molar-refractivity contribution in [3.8, 4) is 5.75 Å². The van der Waals surface area contributed by atoms with Crippen LogP contribution in [0.25, 0.3) is 0 Å². The van der Waals surface area contributed by atoms with Crippen molar-refractivity contribution in [1.29, 1.82) is 0 Å². The number of halogens is 1. The second kappa shape index (κ2) is 6.59. The fraction of sp³-hybridized carbons (Fsp3) is 0.533. The highest BCUT2D eigenvalue weighted by molar-refractivity contribution is 9.10. The van der Waals surface area contributed by atoms with Crippen LogP contribution in [0.4, 0.5) is 0 Å². The van der Waals surface area contributed by atoms with Crippen molar-refractivity contribution in [2.24, 2.45) is 0 Å². The largest absolute Gasteiger partial charge is 0.480 e. The van der Waals surface area contributed by atoms with Crippen molar-refractivity contribution >= 4 is 21.8 Å².